The maximum Gasteiger partial charge on any atom is 0.407 e. The largest absolute Gasteiger partial charge is 0.495 e. The molecule has 3 aromatic carbocycles. The number of alkyl carbamates (subject to hydrolysis) is 1. The molecule has 8 atom stereocenters. The molecule has 2 heterocycles. The number of carbonyl (C=O) groups excluding carboxylic acids is 8. The molecule has 0 bridgehead atoms. The van der Waals surface area contributed by atoms with Gasteiger partial charge in [0.15, 0.2) is 6.10 Å². The number of hydrogen-bond acceptors (Lipinski definition) is 18. The first-order chi connectivity index (χ1) is 43.5. The Hall–Kier alpha value is -7.19. The lowest BCUT2D eigenvalue weighted by molar-refractivity contribution is -0.179. The molecule has 25 heteroatoms. The van der Waals surface area contributed by atoms with Crippen LogP contribution in [0.4, 0.5) is 10.5 Å². The van der Waals surface area contributed by atoms with Gasteiger partial charge in [-0.2, -0.15) is 0 Å². The van der Waals surface area contributed by atoms with Crippen molar-refractivity contribution in [2.45, 2.75) is 149 Å². The van der Waals surface area contributed by atoms with E-state index in [2.05, 4.69) is 31.9 Å². The standard InChI is InChI=1S/C66H94ClN7O17/c1-41(2)35-54-63(80)89-52(14-12-15-56(76)73-51(37-46-20-25-53(84-9)49(67)36-46)60(77)71-40-66(6,7)64(81)90-54)43(5)58-59(91-58)47-21-16-44(17-22-47)38-70-65(82)88-39-45-18-23-48(24-19-45)72-61(78)50(74-62(79)57(68)42(3)4)13-10-11-27-69-55(75)26-28-85-31-32-87-34-33-86-30-29-83-8/h12,15-25,36,41-43,50-52,54,57-59H,10-11,13-14,26-35,37-40,68H2,1-9H3,(H,69,75)(H,70,82)(H,71,77)(H,72,78)(H,73,76)(H,74,79)/b15-12+/t43-,50-,51+,52-,54-,57-,58+,59+/m0/s1. The molecule has 91 heavy (non-hydrogen) atoms. The predicted molar refractivity (Wildman–Crippen MR) is 339 cm³/mol. The maximum atomic E-state index is 14.0. The van der Waals surface area contributed by atoms with Gasteiger partial charge in [-0.1, -0.05) is 94.8 Å². The summed E-state index contributed by atoms with van der Waals surface area (Å²) in [5.74, 6) is -3.81. The zero-order valence-corrected chi connectivity index (χ0v) is 54.7. The number of anilines is 1. The molecule has 1 fully saturated rings. The summed E-state index contributed by atoms with van der Waals surface area (Å²) < 4.78 is 50.1. The van der Waals surface area contributed by atoms with Crippen LogP contribution in [0.5, 0.6) is 5.75 Å². The number of cyclic esters (lactones) is 2. The molecule has 6 amide bonds. The Labute approximate surface area is 539 Å². The zero-order chi connectivity index (χ0) is 66.5. The number of hydrogen-bond donors (Lipinski definition) is 7. The minimum Gasteiger partial charge on any atom is -0.495 e. The monoisotopic (exact) mass is 1290 g/mol. The first kappa shape index (κ1) is 74.5. The van der Waals surface area contributed by atoms with E-state index in [1.165, 1.54) is 13.2 Å². The molecule has 0 radical (unpaired) electrons. The third-order valence-electron chi connectivity index (χ3n) is 15.2. The summed E-state index contributed by atoms with van der Waals surface area (Å²) in [4.78, 5) is 107. The van der Waals surface area contributed by atoms with Crippen molar-refractivity contribution in [2.24, 2.45) is 28.9 Å². The van der Waals surface area contributed by atoms with E-state index in [4.69, 9.17) is 60.0 Å². The van der Waals surface area contributed by atoms with Crippen LogP contribution in [0.15, 0.2) is 78.9 Å². The van der Waals surface area contributed by atoms with E-state index in [1.54, 1.807) is 69.5 Å². The van der Waals surface area contributed by atoms with E-state index >= 15 is 0 Å². The second-order valence-electron chi connectivity index (χ2n) is 24.0. The Balaban J connectivity index is 1.09. The van der Waals surface area contributed by atoms with E-state index in [9.17, 15) is 38.4 Å². The lowest BCUT2D eigenvalue weighted by Crippen LogP contribution is -2.51. The summed E-state index contributed by atoms with van der Waals surface area (Å²) in [5, 5.41) is 17.1. The van der Waals surface area contributed by atoms with Gasteiger partial charge in [-0.05, 0) is 104 Å². The summed E-state index contributed by atoms with van der Waals surface area (Å²) in [6.45, 7) is 15.7. The number of unbranched alkanes of at least 4 members (excludes halogenated alkanes) is 1. The van der Waals surface area contributed by atoms with Crippen LogP contribution in [0.1, 0.15) is 115 Å². The Bertz CT molecular complexity index is 2860. The molecule has 24 nitrogen and oxygen atoms in total. The van der Waals surface area contributed by atoms with E-state index < -0.39 is 89.4 Å². The molecule has 0 unspecified atom stereocenters. The minimum absolute atomic E-state index is 0.0594. The van der Waals surface area contributed by atoms with Crippen molar-refractivity contribution in [3.63, 3.8) is 0 Å². The number of nitrogens with two attached hydrogens (primary N) is 1. The number of methoxy groups -OCH3 is 2. The molecule has 1 saturated heterocycles. The van der Waals surface area contributed by atoms with Gasteiger partial charge >= 0.3 is 18.0 Å². The highest BCUT2D eigenvalue weighted by atomic mass is 35.5. The van der Waals surface area contributed by atoms with Crippen LogP contribution in [-0.4, -0.2) is 158 Å². The van der Waals surface area contributed by atoms with Gasteiger partial charge in [-0.25, -0.2) is 9.59 Å². The van der Waals surface area contributed by atoms with Crippen LogP contribution in [-0.2, 0) is 91.0 Å². The van der Waals surface area contributed by atoms with Crippen LogP contribution in [0.2, 0.25) is 5.02 Å². The third-order valence-corrected chi connectivity index (χ3v) is 15.5. The number of esters is 2. The second kappa shape index (κ2) is 38.6. The molecular weight excluding hydrogens is 1200 g/mol. The van der Waals surface area contributed by atoms with Crippen LogP contribution in [0, 0.1) is 23.2 Å². The number of amides is 6. The fraction of sp³-hybridized carbons (Fsp3) is 0.576. The summed E-state index contributed by atoms with van der Waals surface area (Å²) in [6, 6.07) is 16.5. The van der Waals surface area contributed by atoms with Crippen molar-refractivity contribution in [3.8, 4) is 5.75 Å². The van der Waals surface area contributed by atoms with Gasteiger partial charge in [0.1, 0.15) is 36.6 Å². The molecule has 5 rings (SSSR count). The normalized spacial score (nSPS) is 20.0. The molecule has 0 saturated carbocycles. The lowest BCUT2D eigenvalue weighted by Gasteiger charge is -2.29. The smallest absolute Gasteiger partial charge is 0.407 e. The number of nitrogens with one attached hydrogen (secondary N) is 6. The first-order valence-corrected chi connectivity index (χ1v) is 31.4. The Morgan fingerprint density at radius 3 is 2.10 bits per heavy atom. The van der Waals surface area contributed by atoms with Gasteiger partial charge in [-0.15, -0.1) is 0 Å². The molecule has 0 spiro atoms. The van der Waals surface area contributed by atoms with Crippen molar-refractivity contribution in [2.75, 3.05) is 78.9 Å². The number of rotatable bonds is 34. The number of carbonyl (C=O) groups is 8. The summed E-state index contributed by atoms with van der Waals surface area (Å²) >= 11 is 6.39. The first-order valence-electron chi connectivity index (χ1n) is 31.1. The lowest BCUT2D eigenvalue weighted by atomic mass is 9.92. The highest BCUT2D eigenvalue weighted by Gasteiger charge is 2.48. The quantitative estimate of drug-likeness (QED) is 0.0149. The van der Waals surface area contributed by atoms with Gasteiger partial charge in [0.2, 0.25) is 29.5 Å². The van der Waals surface area contributed by atoms with Crippen LogP contribution >= 0.6 is 11.6 Å². The molecular formula is C66H94ClN7O17. The topological polar surface area (TPSA) is 321 Å². The van der Waals surface area contributed by atoms with Crippen LogP contribution < -0.4 is 42.4 Å². The minimum atomic E-state index is -1.28. The summed E-state index contributed by atoms with van der Waals surface area (Å²) in [7, 11) is 3.10. The fourth-order valence-corrected chi connectivity index (χ4v) is 9.69. The van der Waals surface area contributed by atoms with Crippen molar-refractivity contribution < 1.29 is 81.0 Å². The van der Waals surface area contributed by atoms with E-state index in [1.807, 2.05) is 58.9 Å². The number of benzene rings is 3. The van der Waals surface area contributed by atoms with Crippen molar-refractivity contribution in [1.29, 1.82) is 0 Å². The third kappa shape index (κ3) is 26.5. The van der Waals surface area contributed by atoms with Crippen LogP contribution in [0.25, 0.3) is 0 Å². The highest BCUT2D eigenvalue weighted by molar-refractivity contribution is 6.32. The van der Waals surface area contributed by atoms with Gasteiger partial charge < -0.3 is 80.3 Å². The average molecular weight is 1290 g/mol. The number of halogens is 1. The SMILES string of the molecule is COCCOCCOCCOCCC(=O)NCCCC[C@H](NC(=O)[C@@H](N)C(C)C)C(=O)Nc1ccc(COC(=O)NCc2ccc([C@H]3O[C@@H]3[C@@H](C)[C@@H]3C/C=C/C(=O)N[C@H](Cc4ccc(OC)c(Cl)c4)C(=O)NCC(C)(C)C(=O)O[C@@H](CC(C)C)C(=O)O3)cc2)cc1. The van der Waals surface area contributed by atoms with Gasteiger partial charge in [0.05, 0.1) is 75.9 Å². The summed E-state index contributed by atoms with van der Waals surface area (Å²) in [6.07, 6.45) is 1.26. The zero-order valence-electron chi connectivity index (χ0n) is 53.9. The molecule has 502 valence electrons. The van der Waals surface area contributed by atoms with E-state index in [0.717, 1.165) is 11.1 Å². The molecule has 3 aromatic rings. The van der Waals surface area contributed by atoms with Gasteiger partial charge in [0, 0.05) is 57.6 Å². The van der Waals surface area contributed by atoms with Crippen molar-refractivity contribution in [3.05, 3.63) is 106 Å². The van der Waals surface area contributed by atoms with E-state index in [0.29, 0.717) is 93.0 Å². The molecule has 0 aliphatic carbocycles. The number of epoxide rings is 1. The van der Waals surface area contributed by atoms with Crippen LogP contribution in [0.3, 0.4) is 0 Å². The Morgan fingerprint density at radius 1 is 0.791 bits per heavy atom. The molecule has 0 aromatic heterocycles. The fourth-order valence-electron chi connectivity index (χ4n) is 9.41. The Morgan fingerprint density at radius 2 is 1.45 bits per heavy atom. The highest BCUT2D eigenvalue weighted by Crippen LogP contribution is 2.45. The second-order valence-corrected chi connectivity index (χ2v) is 24.4. The molecule has 2 aliphatic rings. The maximum absolute atomic E-state index is 14.0. The van der Waals surface area contributed by atoms with E-state index in [-0.39, 0.29) is 75.8 Å². The van der Waals surface area contributed by atoms with Gasteiger partial charge in [-0.3, -0.25) is 28.8 Å². The Kier molecular flexibility index (Phi) is 31.6. The molecule has 8 N–H and O–H groups in total. The number of ether oxygens (including phenoxy) is 9. The average Bonchev–Trinajstić information content (AvgIpc) is 1.68. The van der Waals surface area contributed by atoms with Crippen molar-refractivity contribution >= 4 is 64.9 Å². The summed E-state index contributed by atoms with van der Waals surface area (Å²) in [5.41, 5.74) is 8.22. The van der Waals surface area contributed by atoms with Gasteiger partial charge in [0.25, 0.3) is 0 Å². The van der Waals surface area contributed by atoms with Crippen molar-refractivity contribution in [1.82, 2.24) is 26.6 Å². The molecule has 2 aliphatic heterocycles. The predicted octanol–water partition coefficient (Wildman–Crippen LogP) is 6.33.